The monoisotopic (exact) mass is 380 g/mol. The van der Waals surface area contributed by atoms with Gasteiger partial charge in [-0.2, -0.15) is 0 Å². The molecule has 2 aromatic heterocycles. The van der Waals surface area contributed by atoms with Gasteiger partial charge in [-0.25, -0.2) is 0 Å². The third-order valence-electron chi connectivity index (χ3n) is 4.95. The Morgan fingerprint density at radius 2 is 2.14 bits per heavy atom. The molecule has 8 nitrogen and oxygen atoms in total. The van der Waals surface area contributed by atoms with Crippen molar-refractivity contribution < 1.29 is 9.32 Å². The number of fused-ring (bicyclic) bond motifs is 1. The molecule has 3 heterocycles. The maximum Gasteiger partial charge on any atom is 0.273 e. The molecule has 0 atom stereocenters. The molecule has 0 spiro atoms. The first-order valence-electron chi connectivity index (χ1n) is 9.62. The van der Waals surface area contributed by atoms with Gasteiger partial charge in [-0.05, 0) is 24.0 Å². The molecule has 8 heteroatoms. The number of rotatable bonds is 7. The van der Waals surface area contributed by atoms with Crippen LogP contribution in [-0.2, 0) is 32.6 Å². The van der Waals surface area contributed by atoms with Gasteiger partial charge in [0.1, 0.15) is 6.33 Å². The van der Waals surface area contributed by atoms with Crippen LogP contribution in [0.25, 0.3) is 0 Å². The van der Waals surface area contributed by atoms with E-state index in [1.807, 2.05) is 4.57 Å². The van der Waals surface area contributed by atoms with Crippen LogP contribution in [0.2, 0.25) is 0 Å². The number of amides is 1. The van der Waals surface area contributed by atoms with Gasteiger partial charge in [0.15, 0.2) is 17.3 Å². The van der Waals surface area contributed by atoms with Crippen LogP contribution < -0.4 is 5.32 Å². The van der Waals surface area contributed by atoms with Crippen molar-refractivity contribution in [2.24, 2.45) is 0 Å². The van der Waals surface area contributed by atoms with Crippen molar-refractivity contribution >= 4 is 5.91 Å². The van der Waals surface area contributed by atoms with Crippen LogP contribution in [0.4, 0.5) is 0 Å². The van der Waals surface area contributed by atoms with Gasteiger partial charge in [0, 0.05) is 25.7 Å². The zero-order valence-electron chi connectivity index (χ0n) is 16.0. The van der Waals surface area contributed by atoms with E-state index in [0.29, 0.717) is 18.8 Å². The molecule has 0 unspecified atom stereocenters. The summed E-state index contributed by atoms with van der Waals surface area (Å²) in [6.07, 6.45) is 3.68. The summed E-state index contributed by atoms with van der Waals surface area (Å²) in [5, 5.41) is 14.7. The van der Waals surface area contributed by atoms with Crippen LogP contribution in [0.3, 0.4) is 0 Å². The van der Waals surface area contributed by atoms with E-state index in [9.17, 15) is 4.79 Å². The number of hydrogen-bond donors (Lipinski definition) is 1. The van der Waals surface area contributed by atoms with Crippen molar-refractivity contribution in [1.82, 2.24) is 30.1 Å². The third-order valence-corrected chi connectivity index (χ3v) is 4.95. The molecule has 1 amide bonds. The molecule has 0 fully saturated rings. The molecule has 28 heavy (non-hydrogen) atoms. The van der Waals surface area contributed by atoms with Crippen molar-refractivity contribution in [3.63, 3.8) is 0 Å². The van der Waals surface area contributed by atoms with E-state index < -0.39 is 0 Å². The van der Waals surface area contributed by atoms with Crippen LogP contribution in [0.5, 0.6) is 0 Å². The van der Waals surface area contributed by atoms with E-state index in [2.05, 4.69) is 56.8 Å². The Bertz CT molecular complexity index is 948. The second-order valence-electron chi connectivity index (χ2n) is 7.03. The lowest BCUT2D eigenvalue weighted by atomic mass is 10.00. The zero-order chi connectivity index (χ0) is 19.3. The summed E-state index contributed by atoms with van der Waals surface area (Å²) in [5.74, 6) is 1.15. The predicted octanol–water partition coefficient (Wildman–Crippen LogP) is 2.16. The predicted molar refractivity (Wildman–Crippen MR) is 102 cm³/mol. The van der Waals surface area contributed by atoms with E-state index >= 15 is 0 Å². The topological polar surface area (TPSA) is 89.1 Å². The molecule has 0 saturated carbocycles. The number of aromatic nitrogens is 4. The van der Waals surface area contributed by atoms with Gasteiger partial charge >= 0.3 is 0 Å². The molecule has 3 aromatic rings. The molecule has 1 aliphatic heterocycles. The van der Waals surface area contributed by atoms with Gasteiger partial charge in [-0.3, -0.25) is 9.69 Å². The molecule has 0 bridgehead atoms. The fourth-order valence-corrected chi connectivity index (χ4v) is 3.50. The molecule has 4 rings (SSSR count). The van der Waals surface area contributed by atoms with E-state index in [4.69, 9.17) is 4.52 Å². The Kier molecular flexibility index (Phi) is 5.48. The van der Waals surface area contributed by atoms with Crippen LogP contribution in [-0.4, -0.2) is 37.3 Å². The number of nitrogens with one attached hydrogen (secondary N) is 1. The number of benzene rings is 1. The van der Waals surface area contributed by atoms with Crippen LogP contribution in [0.15, 0.2) is 41.2 Å². The van der Waals surface area contributed by atoms with Crippen molar-refractivity contribution in [3.05, 3.63) is 65.1 Å². The van der Waals surface area contributed by atoms with Gasteiger partial charge in [0.2, 0.25) is 0 Å². The van der Waals surface area contributed by atoms with Gasteiger partial charge in [0.25, 0.3) is 5.91 Å². The van der Waals surface area contributed by atoms with E-state index in [1.54, 1.807) is 12.4 Å². The summed E-state index contributed by atoms with van der Waals surface area (Å²) in [6.45, 7) is 5.70. The Morgan fingerprint density at radius 1 is 1.29 bits per heavy atom. The lowest BCUT2D eigenvalue weighted by Gasteiger charge is -2.27. The molecular formula is C20H24N6O2. The number of carbonyl (C=O) groups excluding carboxylic acids is 1. The fraction of sp³-hybridized carbons (Fsp3) is 0.400. The van der Waals surface area contributed by atoms with Gasteiger partial charge in [-0.15, -0.1) is 10.2 Å². The molecule has 0 aliphatic carbocycles. The average Bonchev–Trinajstić information content (AvgIpc) is 3.36. The average molecular weight is 380 g/mol. The quantitative estimate of drug-likeness (QED) is 0.676. The van der Waals surface area contributed by atoms with Crippen molar-refractivity contribution in [3.8, 4) is 0 Å². The Labute approximate surface area is 163 Å². The molecule has 146 valence electrons. The lowest BCUT2D eigenvalue weighted by Crippen LogP contribution is -2.29. The highest BCUT2D eigenvalue weighted by Gasteiger charge is 2.19. The Hall–Kier alpha value is -3.00. The summed E-state index contributed by atoms with van der Waals surface area (Å²) in [5.41, 5.74) is 3.05. The largest absolute Gasteiger partial charge is 0.359 e. The zero-order valence-corrected chi connectivity index (χ0v) is 16.0. The van der Waals surface area contributed by atoms with E-state index in [-0.39, 0.29) is 11.6 Å². The van der Waals surface area contributed by atoms with Crippen LogP contribution in [0.1, 0.15) is 46.5 Å². The van der Waals surface area contributed by atoms with Gasteiger partial charge in [-0.1, -0.05) is 36.3 Å². The number of carbonyl (C=O) groups is 1. The van der Waals surface area contributed by atoms with Crippen molar-refractivity contribution in [2.45, 2.75) is 45.9 Å². The molecule has 0 saturated heterocycles. The minimum atomic E-state index is -0.273. The summed E-state index contributed by atoms with van der Waals surface area (Å²) in [4.78, 5) is 14.7. The summed E-state index contributed by atoms with van der Waals surface area (Å²) in [6, 6.07) is 10.2. The van der Waals surface area contributed by atoms with Crippen LogP contribution >= 0.6 is 0 Å². The highest BCUT2D eigenvalue weighted by Crippen LogP contribution is 2.20. The number of nitrogens with zero attached hydrogens (tertiary/aromatic N) is 5. The van der Waals surface area contributed by atoms with Crippen molar-refractivity contribution in [1.29, 1.82) is 0 Å². The normalized spacial score (nSPS) is 14.0. The molecule has 1 aliphatic rings. The number of hydrogen-bond acceptors (Lipinski definition) is 6. The first-order valence-corrected chi connectivity index (χ1v) is 9.62. The molecule has 1 aromatic carbocycles. The van der Waals surface area contributed by atoms with Crippen molar-refractivity contribution in [2.75, 3.05) is 6.54 Å². The Morgan fingerprint density at radius 3 is 3.00 bits per heavy atom. The van der Waals surface area contributed by atoms with Crippen LogP contribution in [0, 0.1) is 0 Å². The summed E-state index contributed by atoms with van der Waals surface area (Å²) < 4.78 is 7.32. The molecule has 0 radical (unpaired) electrons. The summed E-state index contributed by atoms with van der Waals surface area (Å²) >= 11 is 0. The number of aryl methyl sites for hydroxylation is 1. The minimum absolute atomic E-state index is 0.273. The second-order valence-corrected chi connectivity index (χ2v) is 7.03. The van der Waals surface area contributed by atoms with Gasteiger partial charge < -0.3 is 14.4 Å². The fourth-order valence-electron chi connectivity index (χ4n) is 3.50. The first-order chi connectivity index (χ1) is 13.7. The third kappa shape index (κ3) is 4.12. The summed E-state index contributed by atoms with van der Waals surface area (Å²) in [7, 11) is 0. The molecular weight excluding hydrogens is 356 g/mol. The lowest BCUT2D eigenvalue weighted by molar-refractivity contribution is 0.0940. The second kappa shape index (κ2) is 8.35. The Balaban J connectivity index is 1.33. The smallest absolute Gasteiger partial charge is 0.273 e. The highest BCUT2D eigenvalue weighted by molar-refractivity contribution is 5.92. The van der Waals surface area contributed by atoms with E-state index in [1.165, 1.54) is 11.1 Å². The SMILES string of the molecule is CCCn1cnnc1CNC(=O)c1cc(CN2CCc3ccccc3C2)on1. The first kappa shape index (κ1) is 18.4. The maximum atomic E-state index is 12.4. The van der Waals surface area contributed by atoms with E-state index in [0.717, 1.165) is 38.3 Å². The highest BCUT2D eigenvalue weighted by atomic mass is 16.5. The maximum absolute atomic E-state index is 12.4. The minimum Gasteiger partial charge on any atom is -0.359 e. The standard InChI is InChI=1S/C20H24N6O2/c1-2-8-26-14-22-23-19(26)11-21-20(27)18-10-17(28-24-18)13-25-9-7-15-5-3-4-6-16(15)12-25/h3-6,10,14H,2,7-9,11-13H2,1H3,(H,21,27). The molecule has 1 N–H and O–H groups in total. The van der Waals surface area contributed by atoms with Gasteiger partial charge in [0.05, 0.1) is 13.1 Å².